The second-order valence-corrected chi connectivity index (χ2v) is 7.16. The fourth-order valence-electron chi connectivity index (χ4n) is 3.51. The number of likely N-dealkylation sites (tertiary alicyclic amines) is 1. The third kappa shape index (κ3) is 2.56. The van der Waals surface area contributed by atoms with Gasteiger partial charge in [0.15, 0.2) is 5.65 Å². The van der Waals surface area contributed by atoms with Gasteiger partial charge < -0.3 is 15.0 Å². The first-order valence-corrected chi connectivity index (χ1v) is 7.70. The standard InChI is InChI=1S/C14H18ClN5O3/c1-14(2,3)9-8(4-5-19(9)13(22)23)20-10-7(17-12(20)21)6-16-11(15)18-10/h6,8-9H,4-5H2,1-3H3,(H,17,21)(H,22,23)/t8-,9?/m0/s1. The van der Waals surface area contributed by atoms with Gasteiger partial charge in [-0.15, -0.1) is 0 Å². The number of amides is 1. The first-order chi connectivity index (χ1) is 10.7. The highest BCUT2D eigenvalue weighted by molar-refractivity contribution is 6.28. The van der Waals surface area contributed by atoms with Crippen molar-refractivity contribution in [2.45, 2.75) is 39.3 Å². The summed E-state index contributed by atoms with van der Waals surface area (Å²) in [6, 6.07) is -0.649. The highest BCUT2D eigenvalue weighted by Gasteiger charge is 2.46. The highest BCUT2D eigenvalue weighted by Crippen LogP contribution is 2.40. The third-order valence-corrected chi connectivity index (χ3v) is 4.44. The Kier molecular flexibility index (Phi) is 3.59. The number of rotatable bonds is 1. The average Bonchev–Trinajstić information content (AvgIpc) is 2.98. The van der Waals surface area contributed by atoms with E-state index in [2.05, 4.69) is 15.0 Å². The fourth-order valence-corrected chi connectivity index (χ4v) is 3.64. The highest BCUT2D eigenvalue weighted by atomic mass is 35.5. The Morgan fingerprint density at radius 2 is 2.17 bits per heavy atom. The Morgan fingerprint density at radius 3 is 2.78 bits per heavy atom. The van der Waals surface area contributed by atoms with Crippen LogP contribution in [0.25, 0.3) is 11.2 Å². The molecule has 1 amide bonds. The molecule has 2 aromatic rings. The zero-order valence-corrected chi connectivity index (χ0v) is 13.8. The van der Waals surface area contributed by atoms with E-state index in [1.54, 1.807) is 0 Å². The number of hydrogen-bond acceptors (Lipinski definition) is 4. The van der Waals surface area contributed by atoms with E-state index in [1.807, 2.05) is 20.8 Å². The van der Waals surface area contributed by atoms with Gasteiger partial charge >= 0.3 is 11.8 Å². The number of nitrogens with one attached hydrogen (secondary N) is 1. The van der Waals surface area contributed by atoms with Gasteiger partial charge in [-0.3, -0.25) is 4.57 Å². The molecule has 1 saturated heterocycles. The molecule has 3 heterocycles. The SMILES string of the molecule is CC(C)(C)C1[C@@H](n2c(=O)[nH]c3cnc(Cl)nc32)CCN1C(=O)O. The second kappa shape index (κ2) is 5.23. The number of halogens is 1. The number of H-pyrrole nitrogens is 1. The summed E-state index contributed by atoms with van der Waals surface area (Å²) in [6.07, 6.45) is 1.02. The van der Waals surface area contributed by atoms with Crippen molar-refractivity contribution in [3.63, 3.8) is 0 Å². The average molecular weight is 340 g/mol. The van der Waals surface area contributed by atoms with Gasteiger partial charge in [-0.1, -0.05) is 20.8 Å². The van der Waals surface area contributed by atoms with Gasteiger partial charge in [-0.05, 0) is 23.4 Å². The van der Waals surface area contributed by atoms with Crippen LogP contribution in [0.5, 0.6) is 0 Å². The predicted octanol–water partition coefficient (Wildman–Crippen LogP) is 2.11. The number of nitrogens with zero attached hydrogens (tertiary/aromatic N) is 4. The summed E-state index contributed by atoms with van der Waals surface area (Å²) in [7, 11) is 0. The molecule has 8 nitrogen and oxygen atoms in total. The molecular weight excluding hydrogens is 322 g/mol. The van der Waals surface area contributed by atoms with Crippen molar-refractivity contribution in [1.29, 1.82) is 0 Å². The maximum Gasteiger partial charge on any atom is 0.407 e. The van der Waals surface area contributed by atoms with Crippen molar-refractivity contribution < 1.29 is 9.90 Å². The lowest BCUT2D eigenvalue weighted by Gasteiger charge is -2.37. The van der Waals surface area contributed by atoms with Crippen LogP contribution in [0.1, 0.15) is 33.2 Å². The van der Waals surface area contributed by atoms with Gasteiger partial charge in [0.05, 0.1) is 18.3 Å². The molecular formula is C14H18ClN5O3. The molecule has 0 saturated carbocycles. The first-order valence-electron chi connectivity index (χ1n) is 7.32. The molecule has 23 heavy (non-hydrogen) atoms. The number of carbonyl (C=O) groups is 1. The largest absolute Gasteiger partial charge is 0.465 e. The minimum absolute atomic E-state index is 0.0469. The van der Waals surface area contributed by atoms with Crippen LogP contribution in [0.3, 0.4) is 0 Å². The Hall–Kier alpha value is -2.09. The minimum Gasteiger partial charge on any atom is -0.465 e. The number of fused-ring (bicyclic) bond motifs is 1. The molecule has 9 heteroatoms. The van der Waals surface area contributed by atoms with Gasteiger partial charge in [0.1, 0.15) is 5.52 Å². The summed E-state index contributed by atoms with van der Waals surface area (Å²) < 4.78 is 1.52. The van der Waals surface area contributed by atoms with Crippen molar-refractivity contribution in [3.8, 4) is 0 Å². The van der Waals surface area contributed by atoms with Crippen LogP contribution >= 0.6 is 11.6 Å². The van der Waals surface area contributed by atoms with Crippen LogP contribution in [0.4, 0.5) is 4.79 Å². The number of imidazole rings is 1. The summed E-state index contributed by atoms with van der Waals surface area (Å²) in [5.41, 5.74) is 0.227. The second-order valence-electron chi connectivity index (χ2n) is 6.82. The Morgan fingerprint density at radius 1 is 1.48 bits per heavy atom. The molecule has 124 valence electrons. The third-order valence-electron chi connectivity index (χ3n) is 4.26. The summed E-state index contributed by atoms with van der Waals surface area (Å²) in [5, 5.41) is 9.52. The van der Waals surface area contributed by atoms with Crippen molar-refractivity contribution in [2.24, 2.45) is 5.41 Å². The van der Waals surface area contributed by atoms with E-state index < -0.39 is 6.09 Å². The Bertz CT molecular complexity index is 822. The quantitative estimate of drug-likeness (QED) is 0.774. The topological polar surface area (TPSA) is 104 Å². The van der Waals surface area contributed by atoms with Crippen molar-refractivity contribution in [1.82, 2.24) is 24.4 Å². The lowest BCUT2D eigenvalue weighted by molar-refractivity contribution is 0.0926. The molecule has 1 aliphatic rings. The van der Waals surface area contributed by atoms with Crippen molar-refractivity contribution >= 4 is 28.9 Å². The van der Waals surface area contributed by atoms with Crippen molar-refractivity contribution in [3.05, 3.63) is 22.0 Å². The summed E-state index contributed by atoms with van der Waals surface area (Å²) in [4.78, 5) is 36.1. The molecule has 2 atom stereocenters. The van der Waals surface area contributed by atoms with Gasteiger partial charge in [-0.2, -0.15) is 4.98 Å². The van der Waals surface area contributed by atoms with Crippen LogP contribution in [0.15, 0.2) is 11.0 Å². The summed E-state index contributed by atoms with van der Waals surface area (Å²) >= 11 is 5.86. The van der Waals surface area contributed by atoms with E-state index >= 15 is 0 Å². The zero-order chi connectivity index (χ0) is 16.9. The van der Waals surface area contributed by atoms with Gasteiger partial charge in [0, 0.05) is 6.54 Å². The maximum atomic E-state index is 12.4. The first kappa shape index (κ1) is 15.8. The van der Waals surface area contributed by atoms with Crippen LogP contribution < -0.4 is 5.69 Å². The molecule has 1 unspecified atom stereocenters. The number of hydrogen-bond donors (Lipinski definition) is 2. The molecule has 3 rings (SSSR count). The van der Waals surface area contributed by atoms with Gasteiger partial charge in [-0.25, -0.2) is 14.6 Å². The van der Waals surface area contributed by atoms with Crippen LogP contribution in [0.2, 0.25) is 5.28 Å². The number of aromatic amines is 1. The maximum absolute atomic E-state index is 12.4. The fraction of sp³-hybridized carbons (Fsp3) is 0.571. The van der Waals surface area contributed by atoms with Crippen LogP contribution in [-0.4, -0.2) is 48.2 Å². The van der Waals surface area contributed by atoms with E-state index in [0.717, 1.165) is 0 Å². The lowest BCUT2D eigenvalue weighted by Crippen LogP contribution is -2.47. The van der Waals surface area contributed by atoms with Crippen molar-refractivity contribution in [2.75, 3.05) is 6.54 Å². The van der Waals surface area contributed by atoms with Crippen LogP contribution in [-0.2, 0) is 0 Å². The van der Waals surface area contributed by atoms with Gasteiger partial charge in [0.25, 0.3) is 0 Å². The summed E-state index contributed by atoms with van der Waals surface area (Å²) in [5.74, 6) is 0. The lowest BCUT2D eigenvalue weighted by atomic mass is 9.82. The van der Waals surface area contributed by atoms with E-state index in [4.69, 9.17) is 11.6 Å². The van der Waals surface area contributed by atoms with Gasteiger partial charge in [0.2, 0.25) is 5.28 Å². The normalized spacial score (nSPS) is 22.0. The van der Waals surface area contributed by atoms with Crippen LogP contribution in [0, 0.1) is 5.41 Å². The molecule has 0 aliphatic carbocycles. The van der Waals surface area contributed by atoms with E-state index in [1.165, 1.54) is 15.7 Å². The predicted molar refractivity (Wildman–Crippen MR) is 84.8 cm³/mol. The molecule has 1 aliphatic heterocycles. The molecule has 0 spiro atoms. The molecule has 0 aromatic carbocycles. The Labute approximate surface area is 137 Å². The van der Waals surface area contributed by atoms with E-state index in [0.29, 0.717) is 24.1 Å². The minimum atomic E-state index is -0.979. The molecule has 2 aromatic heterocycles. The van der Waals surface area contributed by atoms with E-state index in [9.17, 15) is 14.7 Å². The monoisotopic (exact) mass is 339 g/mol. The molecule has 2 N–H and O–H groups in total. The summed E-state index contributed by atoms with van der Waals surface area (Å²) in [6.45, 7) is 6.27. The number of carboxylic acid groups (broad SMARTS) is 1. The molecule has 0 radical (unpaired) electrons. The number of aromatic nitrogens is 4. The molecule has 1 fully saturated rings. The molecule has 0 bridgehead atoms. The van der Waals surface area contributed by atoms with E-state index in [-0.39, 0.29) is 28.5 Å². The zero-order valence-electron chi connectivity index (χ0n) is 13.1. The Balaban J connectivity index is 2.17. The smallest absolute Gasteiger partial charge is 0.407 e.